The molecule has 0 radical (unpaired) electrons. The molecule has 0 unspecified atom stereocenters. The van der Waals surface area contributed by atoms with Crippen molar-refractivity contribution in [3.63, 3.8) is 0 Å². The van der Waals surface area contributed by atoms with E-state index in [-0.39, 0.29) is 5.69 Å². The molecule has 0 bridgehead atoms. The Kier molecular flexibility index (Phi) is 3.57. The maximum absolute atomic E-state index is 12.2. The molecule has 1 aliphatic carbocycles. The number of nitrogens with zero attached hydrogens (tertiary/aromatic N) is 1. The van der Waals surface area contributed by atoms with Crippen LogP contribution in [0.5, 0.6) is 5.75 Å². The lowest BCUT2D eigenvalue weighted by Gasteiger charge is -2.33. The van der Waals surface area contributed by atoms with Crippen molar-refractivity contribution in [1.29, 1.82) is 5.26 Å². The Morgan fingerprint density at radius 3 is 2.50 bits per heavy atom. The number of carbonyl (C=O) groups excluding carboxylic acids is 1. The number of carbonyl (C=O) groups is 1. The predicted molar refractivity (Wildman–Crippen MR) is 63.7 cm³/mol. The fraction of sp³-hybridized carbons (Fsp3) is 0.385. The number of rotatable bonds is 3. The lowest BCUT2D eigenvalue weighted by Crippen LogP contribution is -2.40. The van der Waals surface area contributed by atoms with Crippen molar-refractivity contribution in [2.45, 2.75) is 25.6 Å². The quantitative estimate of drug-likeness (QED) is 0.927. The number of nitriles is 1. The molecule has 7 heteroatoms. The highest BCUT2D eigenvalue weighted by atomic mass is 19.4. The SMILES string of the molecule is N#CC1(C(=O)Nc2ccccc2OC(F)(F)F)CCC1. The number of para-hydroxylation sites is 2. The highest BCUT2D eigenvalue weighted by molar-refractivity contribution is 5.98. The third-order valence-corrected chi connectivity index (χ3v) is 3.22. The van der Waals surface area contributed by atoms with Crippen molar-refractivity contribution in [2.24, 2.45) is 5.41 Å². The first-order valence-corrected chi connectivity index (χ1v) is 5.94. The normalized spacial score (nSPS) is 16.7. The fourth-order valence-corrected chi connectivity index (χ4v) is 1.95. The molecule has 0 spiro atoms. The number of ether oxygens (including phenoxy) is 1. The van der Waals surface area contributed by atoms with E-state index in [0.717, 1.165) is 12.5 Å². The minimum absolute atomic E-state index is 0.101. The van der Waals surface area contributed by atoms with Gasteiger partial charge in [-0.2, -0.15) is 5.26 Å². The van der Waals surface area contributed by atoms with Gasteiger partial charge in [0.05, 0.1) is 11.8 Å². The van der Waals surface area contributed by atoms with E-state index in [1.54, 1.807) is 0 Å². The number of benzene rings is 1. The molecule has 0 atom stereocenters. The summed E-state index contributed by atoms with van der Waals surface area (Å²) in [4.78, 5) is 12.0. The zero-order chi connectivity index (χ0) is 14.8. The molecule has 1 N–H and O–H groups in total. The maximum atomic E-state index is 12.2. The molecule has 1 aliphatic rings. The van der Waals surface area contributed by atoms with Gasteiger partial charge >= 0.3 is 6.36 Å². The summed E-state index contributed by atoms with van der Waals surface area (Å²) >= 11 is 0. The average molecular weight is 284 g/mol. The highest BCUT2D eigenvalue weighted by Gasteiger charge is 2.45. The van der Waals surface area contributed by atoms with E-state index < -0.39 is 23.4 Å². The topological polar surface area (TPSA) is 62.1 Å². The number of anilines is 1. The molecule has 1 aromatic rings. The number of hydrogen-bond donors (Lipinski definition) is 1. The summed E-state index contributed by atoms with van der Waals surface area (Å²) in [5.74, 6) is -1.09. The molecule has 1 aromatic carbocycles. The van der Waals surface area contributed by atoms with E-state index in [2.05, 4.69) is 10.1 Å². The van der Waals surface area contributed by atoms with Gasteiger partial charge in [0.2, 0.25) is 5.91 Å². The van der Waals surface area contributed by atoms with Crippen LogP contribution in [0, 0.1) is 16.7 Å². The standard InChI is InChI=1S/C13H11F3N2O2/c14-13(15,16)20-10-5-2-1-4-9(10)18-11(19)12(8-17)6-3-7-12/h1-2,4-5H,3,6-7H2,(H,18,19). The molecule has 0 aromatic heterocycles. The molecule has 1 fully saturated rings. The van der Waals surface area contributed by atoms with E-state index in [4.69, 9.17) is 5.26 Å². The van der Waals surface area contributed by atoms with Gasteiger partial charge in [-0.05, 0) is 31.4 Å². The molecule has 1 amide bonds. The lowest BCUT2D eigenvalue weighted by atomic mass is 9.69. The summed E-state index contributed by atoms with van der Waals surface area (Å²) in [7, 11) is 0. The molecule has 1 saturated carbocycles. The van der Waals surface area contributed by atoms with Crippen LogP contribution in [0.4, 0.5) is 18.9 Å². The number of halogens is 3. The van der Waals surface area contributed by atoms with Crippen LogP contribution in [0.25, 0.3) is 0 Å². The molecule has 0 aliphatic heterocycles. The number of alkyl halides is 3. The monoisotopic (exact) mass is 284 g/mol. The summed E-state index contributed by atoms with van der Waals surface area (Å²) < 4.78 is 40.6. The summed E-state index contributed by atoms with van der Waals surface area (Å²) in [6.45, 7) is 0. The van der Waals surface area contributed by atoms with E-state index in [1.807, 2.05) is 6.07 Å². The van der Waals surface area contributed by atoms with E-state index in [0.29, 0.717) is 12.8 Å². The Morgan fingerprint density at radius 2 is 2.00 bits per heavy atom. The van der Waals surface area contributed by atoms with E-state index in [9.17, 15) is 18.0 Å². The average Bonchev–Trinajstić information content (AvgIpc) is 2.29. The Morgan fingerprint density at radius 1 is 1.35 bits per heavy atom. The molecular weight excluding hydrogens is 273 g/mol. The van der Waals surface area contributed by atoms with Crippen LogP contribution in [0.3, 0.4) is 0 Å². The minimum atomic E-state index is -4.84. The summed E-state index contributed by atoms with van der Waals surface area (Å²) in [5.41, 5.74) is -1.23. The van der Waals surface area contributed by atoms with Crippen LogP contribution in [0.2, 0.25) is 0 Å². The van der Waals surface area contributed by atoms with Gasteiger partial charge in [-0.1, -0.05) is 12.1 Å². The third kappa shape index (κ3) is 2.85. The van der Waals surface area contributed by atoms with Crippen LogP contribution in [0.15, 0.2) is 24.3 Å². The fourth-order valence-electron chi connectivity index (χ4n) is 1.95. The van der Waals surface area contributed by atoms with Crippen LogP contribution in [-0.4, -0.2) is 12.3 Å². The molecule has 2 rings (SSSR count). The molecule has 20 heavy (non-hydrogen) atoms. The molecule has 0 saturated heterocycles. The Labute approximate surface area is 113 Å². The molecule has 106 valence electrons. The molecule has 4 nitrogen and oxygen atoms in total. The van der Waals surface area contributed by atoms with Crippen molar-refractivity contribution < 1.29 is 22.7 Å². The Hall–Kier alpha value is -2.23. The summed E-state index contributed by atoms with van der Waals surface area (Å²) in [6.07, 6.45) is -3.26. The highest BCUT2D eigenvalue weighted by Crippen LogP contribution is 2.42. The minimum Gasteiger partial charge on any atom is -0.404 e. The van der Waals surface area contributed by atoms with Crippen LogP contribution in [0.1, 0.15) is 19.3 Å². The maximum Gasteiger partial charge on any atom is 0.573 e. The number of nitrogens with one attached hydrogen (secondary N) is 1. The largest absolute Gasteiger partial charge is 0.573 e. The van der Waals surface area contributed by atoms with Crippen LogP contribution < -0.4 is 10.1 Å². The van der Waals surface area contributed by atoms with Gasteiger partial charge < -0.3 is 10.1 Å². The first kappa shape index (κ1) is 14.2. The van der Waals surface area contributed by atoms with Gasteiger partial charge in [0, 0.05) is 0 Å². The van der Waals surface area contributed by atoms with Crippen LogP contribution >= 0.6 is 0 Å². The van der Waals surface area contributed by atoms with Gasteiger partial charge in [-0.25, -0.2) is 0 Å². The third-order valence-electron chi connectivity index (χ3n) is 3.22. The Balaban J connectivity index is 2.18. The number of hydrogen-bond acceptors (Lipinski definition) is 3. The van der Waals surface area contributed by atoms with Crippen molar-refractivity contribution in [2.75, 3.05) is 5.32 Å². The Bertz CT molecular complexity index is 559. The zero-order valence-electron chi connectivity index (χ0n) is 10.3. The molecule has 0 heterocycles. The van der Waals surface area contributed by atoms with Crippen molar-refractivity contribution >= 4 is 11.6 Å². The van der Waals surface area contributed by atoms with Gasteiger partial charge in [0.25, 0.3) is 0 Å². The van der Waals surface area contributed by atoms with Gasteiger partial charge in [0.15, 0.2) is 5.75 Å². The predicted octanol–water partition coefficient (Wildman–Crippen LogP) is 3.22. The first-order chi connectivity index (χ1) is 9.36. The van der Waals surface area contributed by atoms with Gasteiger partial charge in [-0.3, -0.25) is 4.79 Å². The first-order valence-electron chi connectivity index (χ1n) is 5.94. The van der Waals surface area contributed by atoms with Gasteiger partial charge in [-0.15, -0.1) is 13.2 Å². The second-order valence-corrected chi connectivity index (χ2v) is 4.55. The summed E-state index contributed by atoms with van der Waals surface area (Å²) in [6, 6.07) is 7.15. The van der Waals surface area contributed by atoms with E-state index >= 15 is 0 Å². The smallest absolute Gasteiger partial charge is 0.404 e. The van der Waals surface area contributed by atoms with Crippen molar-refractivity contribution in [1.82, 2.24) is 0 Å². The van der Waals surface area contributed by atoms with Gasteiger partial charge in [0.1, 0.15) is 5.41 Å². The zero-order valence-corrected chi connectivity index (χ0v) is 10.3. The second-order valence-electron chi connectivity index (χ2n) is 4.55. The molecular formula is C13H11F3N2O2. The van der Waals surface area contributed by atoms with Crippen molar-refractivity contribution in [3.05, 3.63) is 24.3 Å². The lowest BCUT2D eigenvalue weighted by molar-refractivity contribution is -0.274. The van der Waals surface area contributed by atoms with Crippen molar-refractivity contribution in [3.8, 4) is 11.8 Å². The summed E-state index contributed by atoms with van der Waals surface area (Å²) in [5, 5.41) is 11.4. The van der Waals surface area contributed by atoms with E-state index in [1.165, 1.54) is 18.2 Å². The second kappa shape index (κ2) is 5.04. The number of amides is 1. The van der Waals surface area contributed by atoms with Crippen LogP contribution in [-0.2, 0) is 4.79 Å².